The summed E-state index contributed by atoms with van der Waals surface area (Å²) in [5, 5.41) is 3.88. The van der Waals surface area contributed by atoms with Crippen LogP contribution in [0.2, 0.25) is 0 Å². The fourth-order valence-electron chi connectivity index (χ4n) is 4.90. The molecule has 2 heterocycles. The summed E-state index contributed by atoms with van der Waals surface area (Å²) in [5.74, 6) is 0.817. The van der Waals surface area contributed by atoms with Crippen molar-refractivity contribution in [2.75, 3.05) is 26.2 Å². The zero-order valence-electron chi connectivity index (χ0n) is 14.2. The van der Waals surface area contributed by atoms with E-state index in [9.17, 15) is 0 Å². The molecule has 21 heavy (non-hydrogen) atoms. The number of rotatable bonds is 5. The molecule has 3 fully saturated rings. The van der Waals surface area contributed by atoms with E-state index < -0.39 is 0 Å². The lowest BCUT2D eigenvalue weighted by molar-refractivity contribution is -0.0494. The summed E-state index contributed by atoms with van der Waals surface area (Å²) < 4.78 is 5.99. The van der Waals surface area contributed by atoms with Gasteiger partial charge in [-0.25, -0.2) is 0 Å². The molecule has 4 atom stereocenters. The number of nitrogens with zero attached hydrogens (tertiary/aromatic N) is 1. The third kappa shape index (κ3) is 3.62. The summed E-state index contributed by atoms with van der Waals surface area (Å²) in [6.45, 7) is 12.0. The average Bonchev–Trinajstić information content (AvgIpc) is 2.77. The predicted octanol–water partition coefficient (Wildman–Crippen LogP) is 3.04. The molecule has 122 valence electrons. The average molecular weight is 294 g/mol. The van der Waals surface area contributed by atoms with Crippen molar-refractivity contribution >= 4 is 0 Å². The molecule has 2 aliphatic heterocycles. The summed E-state index contributed by atoms with van der Waals surface area (Å²) in [6.07, 6.45) is 9.05. The Morgan fingerprint density at radius 3 is 2.52 bits per heavy atom. The Labute approximate surface area is 130 Å². The SMILES string of the molecule is CCCNC1C(CN2CC3CCC(C2)O3)CCCC1(C)C. The van der Waals surface area contributed by atoms with Crippen molar-refractivity contribution in [2.45, 2.75) is 77.5 Å². The number of ether oxygens (including phenoxy) is 1. The molecule has 2 bridgehead atoms. The molecule has 0 radical (unpaired) electrons. The highest BCUT2D eigenvalue weighted by Crippen LogP contribution is 2.40. The second kappa shape index (κ2) is 6.55. The van der Waals surface area contributed by atoms with Gasteiger partial charge in [0.25, 0.3) is 0 Å². The Kier molecular flexibility index (Phi) is 4.92. The van der Waals surface area contributed by atoms with E-state index in [2.05, 4.69) is 31.0 Å². The van der Waals surface area contributed by atoms with Gasteiger partial charge in [0, 0.05) is 25.7 Å². The number of hydrogen-bond acceptors (Lipinski definition) is 3. The van der Waals surface area contributed by atoms with Gasteiger partial charge in [-0.15, -0.1) is 0 Å². The molecule has 0 amide bonds. The van der Waals surface area contributed by atoms with Crippen LogP contribution in [0.4, 0.5) is 0 Å². The second-order valence-electron chi connectivity index (χ2n) is 8.25. The molecule has 2 saturated heterocycles. The first-order valence-electron chi connectivity index (χ1n) is 9.19. The molecule has 0 aromatic carbocycles. The quantitative estimate of drug-likeness (QED) is 0.843. The van der Waals surface area contributed by atoms with E-state index in [1.165, 1.54) is 64.7 Å². The van der Waals surface area contributed by atoms with E-state index in [1.54, 1.807) is 0 Å². The first kappa shape index (κ1) is 15.8. The van der Waals surface area contributed by atoms with Crippen molar-refractivity contribution < 1.29 is 4.74 Å². The number of hydrogen-bond donors (Lipinski definition) is 1. The molecule has 3 aliphatic rings. The molecule has 0 aromatic rings. The molecule has 0 aromatic heterocycles. The Balaban J connectivity index is 1.61. The van der Waals surface area contributed by atoms with Crippen LogP contribution in [-0.4, -0.2) is 49.3 Å². The first-order valence-corrected chi connectivity index (χ1v) is 9.19. The topological polar surface area (TPSA) is 24.5 Å². The highest BCUT2D eigenvalue weighted by molar-refractivity contribution is 4.96. The zero-order chi connectivity index (χ0) is 14.9. The Morgan fingerprint density at radius 2 is 1.86 bits per heavy atom. The predicted molar refractivity (Wildman–Crippen MR) is 87.5 cm³/mol. The third-order valence-electron chi connectivity index (χ3n) is 5.94. The van der Waals surface area contributed by atoms with E-state index in [-0.39, 0.29) is 0 Å². The van der Waals surface area contributed by atoms with Gasteiger partial charge in [0.15, 0.2) is 0 Å². The Bertz CT molecular complexity index is 332. The molecule has 1 aliphatic carbocycles. The van der Waals surface area contributed by atoms with Crippen molar-refractivity contribution in [3.63, 3.8) is 0 Å². The highest BCUT2D eigenvalue weighted by Gasteiger charge is 2.41. The summed E-state index contributed by atoms with van der Waals surface area (Å²) in [5.41, 5.74) is 0.448. The van der Waals surface area contributed by atoms with Crippen LogP contribution in [0.25, 0.3) is 0 Å². The number of likely N-dealkylation sites (tertiary alicyclic amines) is 1. The molecule has 3 nitrogen and oxygen atoms in total. The number of morpholine rings is 1. The van der Waals surface area contributed by atoms with Crippen molar-refractivity contribution in [1.29, 1.82) is 0 Å². The van der Waals surface area contributed by atoms with Gasteiger partial charge in [0.2, 0.25) is 0 Å². The standard InChI is InChI=1S/C18H34N2O/c1-4-10-19-17-14(6-5-9-18(17,2)3)11-20-12-15-7-8-16(13-20)21-15/h14-17,19H,4-13H2,1-3H3. The van der Waals surface area contributed by atoms with Gasteiger partial charge in [-0.1, -0.05) is 27.2 Å². The summed E-state index contributed by atoms with van der Waals surface area (Å²) in [6, 6.07) is 0.687. The van der Waals surface area contributed by atoms with Crippen molar-refractivity contribution in [3.8, 4) is 0 Å². The van der Waals surface area contributed by atoms with Crippen molar-refractivity contribution in [3.05, 3.63) is 0 Å². The maximum Gasteiger partial charge on any atom is 0.0707 e. The van der Waals surface area contributed by atoms with Gasteiger partial charge in [0.05, 0.1) is 12.2 Å². The summed E-state index contributed by atoms with van der Waals surface area (Å²) in [4.78, 5) is 2.71. The Morgan fingerprint density at radius 1 is 1.14 bits per heavy atom. The highest BCUT2D eigenvalue weighted by atomic mass is 16.5. The lowest BCUT2D eigenvalue weighted by Crippen LogP contribution is -2.54. The van der Waals surface area contributed by atoms with Crippen LogP contribution < -0.4 is 5.32 Å². The normalized spacial score (nSPS) is 39.6. The first-order chi connectivity index (χ1) is 10.1. The van der Waals surface area contributed by atoms with Crippen LogP contribution in [0.15, 0.2) is 0 Å². The molecule has 3 rings (SSSR count). The minimum absolute atomic E-state index is 0.448. The van der Waals surface area contributed by atoms with Crippen molar-refractivity contribution in [2.24, 2.45) is 11.3 Å². The van der Waals surface area contributed by atoms with E-state index in [1.807, 2.05) is 0 Å². The van der Waals surface area contributed by atoms with Gasteiger partial charge >= 0.3 is 0 Å². The lowest BCUT2D eigenvalue weighted by atomic mass is 9.67. The largest absolute Gasteiger partial charge is 0.372 e. The van der Waals surface area contributed by atoms with Crippen LogP contribution in [0.5, 0.6) is 0 Å². The maximum absolute atomic E-state index is 5.99. The fourth-order valence-corrected chi connectivity index (χ4v) is 4.90. The van der Waals surface area contributed by atoms with Gasteiger partial charge in [-0.2, -0.15) is 0 Å². The van der Waals surface area contributed by atoms with Gasteiger partial charge in [0.1, 0.15) is 0 Å². The molecular weight excluding hydrogens is 260 g/mol. The van der Waals surface area contributed by atoms with Gasteiger partial charge in [-0.3, -0.25) is 4.90 Å². The number of nitrogens with one attached hydrogen (secondary N) is 1. The lowest BCUT2D eigenvalue weighted by Gasteiger charge is -2.47. The van der Waals surface area contributed by atoms with E-state index in [0.29, 0.717) is 23.7 Å². The Hall–Kier alpha value is -0.120. The number of fused-ring (bicyclic) bond motifs is 2. The monoisotopic (exact) mass is 294 g/mol. The maximum atomic E-state index is 5.99. The van der Waals surface area contributed by atoms with E-state index in [4.69, 9.17) is 4.74 Å². The van der Waals surface area contributed by atoms with Crippen LogP contribution in [-0.2, 0) is 4.74 Å². The van der Waals surface area contributed by atoms with Crippen LogP contribution >= 0.6 is 0 Å². The summed E-state index contributed by atoms with van der Waals surface area (Å²) >= 11 is 0. The molecule has 1 saturated carbocycles. The molecule has 0 spiro atoms. The molecule has 1 N–H and O–H groups in total. The minimum atomic E-state index is 0.448. The van der Waals surface area contributed by atoms with Crippen LogP contribution in [0, 0.1) is 11.3 Å². The smallest absolute Gasteiger partial charge is 0.0707 e. The van der Waals surface area contributed by atoms with Crippen molar-refractivity contribution in [1.82, 2.24) is 10.2 Å². The minimum Gasteiger partial charge on any atom is -0.372 e. The van der Waals surface area contributed by atoms with Crippen LogP contribution in [0.3, 0.4) is 0 Å². The fraction of sp³-hybridized carbons (Fsp3) is 1.00. The molecule has 3 heteroatoms. The zero-order valence-corrected chi connectivity index (χ0v) is 14.2. The van der Waals surface area contributed by atoms with Gasteiger partial charge < -0.3 is 10.1 Å². The molecule has 4 unspecified atom stereocenters. The summed E-state index contributed by atoms with van der Waals surface area (Å²) in [7, 11) is 0. The third-order valence-corrected chi connectivity index (χ3v) is 5.94. The van der Waals surface area contributed by atoms with Crippen LogP contribution in [0.1, 0.15) is 59.3 Å². The van der Waals surface area contributed by atoms with Gasteiger partial charge in [-0.05, 0) is 50.0 Å². The van der Waals surface area contributed by atoms with E-state index in [0.717, 1.165) is 5.92 Å². The van der Waals surface area contributed by atoms with E-state index >= 15 is 0 Å². The molecular formula is C18H34N2O. The second-order valence-corrected chi connectivity index (χ2v) is 8.25.